The highest BCUT2D eigenvalue weighted by molar-refractivity contribution is 5.36. The monoisotopic (exact) mass is 218 g/mol. The lowest BCUT2D eigenvalue weighted by Crippen LogP contribution is -2.54. The quantitative estimate of drug-likeness (QED) is 0.835. The largest absolute Gasteiger partial charge is 0.329 e. The Bertz CT molecular complexity index is 331. The fourth-order valence-corrected chi connectivity index (χ4v) is 3.07. The van der Waals surface area contributed by atoms with E-state index in [2.05, 4.69) is 43.0 Å². The molecule has 2 nitrogen and oxygen atoms in total. The van der Waals surface area contributed by atoms with Crippen LogP contribution in [0.25, 0.3) is 0 Å². The van der Waals surface area contributed by atoms with Gasteiger partial charge in [0, 0.05) is 12.1 Å². The van der Waals surface area contributed by atoms with Crippen LogP contribution in [-0.2, 0) is 12.8 Å². The number of hydrogen-bond acceptors (Lipinski definition) is 2. The van der Waals surface area contributed by atoms with Crippen molar-refractivity contribution in [3.63, 3.8) is 0 Å². The zero-order valence-corrected chi connectivity index (χ0v) is 10.4. The second-order valence-electron chi connectivity index (χ2n) is 4.72. The van der Waals surface area contributed by atoms with Crippen molar-refractivity contribution < 1.29 is 0 Å². The Morgan fingerprint density at radius 3 is 2.00 bits per heavy atom. The maximum Gasteiger partial charge on any atom is 0.0412 e. The molecule has 1 aromatic carbocycles. The lowest BCUT2D eigenvalue weighted by atomic mass is 9.93. The number of nitrogens with zero attached hydrogens (tertiary/aromatic N) is 1. The molecule has 0 aliphatic heterocycles. The van der Waals surface area contributed by atoms with E-state index in [1.807, 2.05) is 0 Å². The van der Waals surface area contributed by atoms with Gasteiger partial charge in [0.25, 0.3) is 0 Å². The minimum Gasteiger partial charge on any atom is -0.329 e. The normalized spacial score (nSPS) is 17.8. The molecule has 0 heterocycles. The van der Waals surface area contributed by atoms with Crippen LogP contribution in [0, 0.1) is 0 Å². The van der Waals surface area contributed by atoms with Crippen molar-refractivity contribution in [2.24, 2.45) is 5.73 Å². The highest BCUT2D eigenvalue weighted by Crippen LogP contribution is 2.33. The summed E-state index contributed by atoms with van der Waals surface area (Å²) in [6.45, 7) is 7.38. The first-order chi connectivity index (χ1) is 7.75. The van der Waals surface area contributed by atoms with Crippen molar-refractivity contribution in [3.05, 3.63) is 35.4 Å². The average molecular weight is 218 g/mol. The first-order valence-corrected chi connectivity index (χ1v) is 6.27. The van der Waals surface area contributed by atoms with Crippen molar-refractivity contribution in [1.29, 1.82) is 0 Å². The van der Waals surface area contributed by atoms with E-state index >= 15 is 0 Å². The van der Waals surface area contributed by atoms with Crippen molar-refractivity contribution in [3.8, 4) is 0 Å². The van der Waals surface area contributed by atoms with Gasteiger partial charge >= 0.3 is 0 Å². The summed E-state index contributed by atoms with van der Waals surface area (Å²) in [5, 5.41) is 0. The molecule has 2 rings (SSSR count). The van der Waals surface area contributed by atoms with Gasteiger partial charge in [-0.25, -0.2) is 0 Å². The van der Waals surface area contributed by atoms with Crippen LogP contribution < -0.4 is 5.73 Å². The van der Waals surface area contributed by atoms with E-state index in [1.54, 1.807) is 0 Å². The molecule has 0 saturated heterocycles. The van der Waals surface area contributed by atoms with Gasteiger partial charge in [0.1, 0.15) is 0 Å². The fraction of sp³-hybridized carbons (Fsp3) is 0.571. The number of fused-ring (bicyclic) bond motifs is 1. The number of benzene rings is 1. The summed E-state index contributed by atoms with van der Waals surface area (Å²) in [4.78, 5) is 2.52. The Morgan fingerprint density at radius 2 is 1.62 bits per heavy atom. The van der Waals surface area contributed by atoms with Crippen molar-refractivity contribution in [2.45, 2.75) is 32.2 Å². The molecule has 88 valence electrons. The van der Waals surface area contributed by atoms with E-state index in [0.29, 0.717) is 0 Å². The summed E-state index contributed by atoms with van der Waals surface area (Å²) < 4.78 is 0. The third-order valence-electron chi connectivity index (χ3n) is 3.97. The predicted molar refractivity (Wildman–Crippen MR) is 68.6 cm³/mol. The molecule has 0 atom stereocenters. The second-order valence-corrected chi connectivity index (χ2v) is 4.72. The molecule has 16 heavy (non-hydrogen) atoms. The Morgan fingerprint density at radius 1 is 1.12 bits per heavy atom. The van der Waals surface area contributed by atoms with Gasteiger partial charge in [0.2, 0.25) is 0 Å². The maximum atomic E-state index is 6.06. The van der Waals surface area contributed by atoms with Crippen molar-refractivity contribution >= 4 is 0 Å². The minimum atomic E-state index is 0.174. The molecule has 1 aliphatic carbocycles. The fourth-order valence-electron chi connectivity index (χ4n) is 3.07. The molecule has 0 unspecified atom stereocenters. The molecule has 0 spiro atoms. The molecule has 2 N–H and O–H groups in total. The number of nitrogens with two attached hydrogens (primary N) is 1. The van der Waals surface area contributed by atoms with Crippen LogP contribution >= 0.6 is 0 Å². The molecule has 0 saturated carbocycles. The lowest BCUT2D eigenvalue weighted by Gasteiger charge is -2.39. The Hall–Kier alpha value is -0.860. The molecule has 0 amide bonds. The van der Waals surface area contributed by atoms with E-state index in [-0.39, 0.29) is 5.54 Å². The van der Waals surface area contributed by atoms with Gasteiger partial charge in [-0.1, -0.05) is 38.1 Å². The molecular formula is C14H22N2. The van der Waals surface area contributed by atoms with Gasteiger partial charge in [-0.15, -0.1) is 0 Å². The summed E-state index contributed by atoms with van der Waals surface area (Å²) in [5.74, 6) is 0. The molecule has 0 aromatic heterocycles. The molecular weight excluding hydrogens is 196 g/mol. The van der Waals surface area contributed by atoms with E-state index < -0.39 is 0 Å². The molecule has 0 fully saturated rings. The molecule has 2 heteroatoms. The Balaban J connectivity index is 2.28. The Labute approximate surface area is 98.4 Å². The highest BCUT2D eigenvalue weighted by Gasteiger charge is 2.39. The van der Waals surface area contributed by atoms with Crippen molar-refractivity contribution in [2.75, 3.05) is 19.6 Å². The molecule has 0 bridgehead atoms. The summed E-state index contributed by atoms with van der Waals surface area (Å²) in [5.41, 5.74) is 9.20. The second kappa shape index (κ2) is 4.56. The van der Waals surface area contributed by atoms with Gasteiger partial charge in [-0.2, -0.15) is 0 Å². The van der Waals surface area contributed by atoms with E-state index in [9.17, 15) is 0 Å². The third kappa shape index (κ3) is 1.76. The average Bonchev–Trinajstić information content (AvgIpc) is 2.70. The SMILES string of the molecule is CCN(CC)C1(CN)Cc2ccccc2C1. The zero-order valence-electron chi connectivity index (χ0n) is 10.4. The van der Waals surface area contributed by atoms with Gasteiger partial charge in [0.05, 0.1) is 0 Å². The topological polar surface area (TPSA) is 29.3 Å². The summed E-state index contributed by atoms with van der Waals surface area (Å²) in [7, 11) is 0. The van der Waals surface area contributed by atoms with Crippen LogP contribution in [0.3, 0.4) is 0 Å². The van der Waals surface area contributed by atoms with Crippen LogP contribution in [0.2, 0.25) is 0 Å². The van der Waals surface area contributed by atoms with E-state index in [1.165, 1.54) is 11.1 Å². The number of likely N-dealkylation sites (N-methyl/N-ethyl adjacent to an activating group) is 1. The van der Waals surface area contributed by atoms with Crippen LogP contribution in [0.1, 0.15) is 25.0 Å². The zero-order chi connectivity index (χ0) is 11.6. The van der Waals surface area contributed by atoms with Crippen molar-refractivity contribution in [1.82, 2.24) is 4.90 Å². The maximum absolute atomic E-state index is 6.06. The highest BCUT2D eigenvalue weighted by atomic mass is 15.2. The molecule has 0 radical (unpaired) electrons. The molecule has 1 aromatic rings. The van der Waals surface area contributed by atoms with Gasteiger partial charge in [-0.05, 0) is 37.1 Å². The van der Waals surface area contributed by atoms with Crippen LogP contribution in [0.15, 0.2) is 24.3 Å². The first-order valence-electron chi connectivity index (χ1n) is 6.27. The van der Waals surface area contributed by atoms with E-state index in [4.69, 9.17) is 5.73 Å². The molecule has 1 aliphatic rings. The standard InChI is InChI=1S/C14H22N2/c1-3-16(4-2)14(11-15)9-12-7-5-6-8-13(12)10-14/h5-8H,3-4,9-11,15H2,1-2H3. The minimum absolute atomic E-state index is 0.174. The summed E-state index contributed by atoms with van der Waals surface area (Å²) in [6.07, 6.45) is 2.22. The summed E-state index contributed by atoms with van der Waals surface area (Å²) in [6, 6.07) is 8.76. The van der Waals surface area contributed by atoms with Crippen LogP contribution in [0.5, 0.6) is 0 Å². The van der Waals surface area contributed by atoms with Gasteiger partial charge < -0.3 is 5.73 Å². The van der Waals surface area contributed by atoms with Gasteiger partial charge in [0.15, 0.2) is 0 Å². The predicted octanol–water partition coefficient (Wildman–Crippen LogP) is 1.82. The van der Waals surface area contributed by atoms with Crippen LogP contribution in [0.4, 0.5) is 0 Å². The number of rotatable bonds is 4. The lowest BCUT2D eigenvalue weighted by molar-refractivity contribution is 0.116. The Kier molecular flexibility index (Phi) is 3.31. The van der Waals surface area contributed by atoms with Gasteiger partial charge in [-0.3, -0.25) is 4.90 Å². The van der Waals surface area contributed by atoms with Crippen LogP contribution in [-0.4, -0.2) is 30.1 Å². The smallest absolute Gasteiger partial charge is 0.0412 e. The van der Waals surface area contributed by atoms with E-state index in [0.717, 1.165) is 32.5 Å². The third-order valence-corrected chi connectivity index (χ3v) is 3.97. The number of hydrogen-bond donors (Lipinski definition) is 1. The summed E-state index contributed by atoms with van der Waals surface area (Å²) >= 11 is 0. The first kappa shape index (κ1) is 11.6.